The van der Waals surface area contributed by atoms with Crippen LogP contribution in [0.3, 0.4) is 0 Å². The second-order valence-corrected chi connectivity index (χ2v) is 7.22. The van der Waals surface area contributed by atoms with Gasteiger partial charge in [-0.2, -0.15) is 13.2 Å². The third-order valence-corrected chi connectivity index (χ3v) is 5.10. The SMILES string of the molecule is Nc1cnc(-c2ccc(-c3ccccc3C(=O)N3CCOC(C(F)(F)F)C3)cc2F)cn1. The van der Waals surface area contributed by atoms with Crippen LogP contribution < -0.4 is 5.73 Å². The summed E-state index contributed by atoms with van der Waals surface area (Å²) in [5.74, 6) is -0.964. The lowest BCUT2D eigenvalue weighted by Gasteiger charge is -2.34. The molecule has 2 aromatic carbocycles. The number of carbonyl (C=O) groups is 1. The van der Waals surface area contributed by atoms with E-state index in [1.165, 1.54) is 30.6 Å². The third-order valence-electron chi connectivity index (χ3n) is 5.10. The molecule has 1 aliphatic rings. The molecule has 10 heteroatoms. The molecule has 0 saturated carbocycles. The van der Waals surface area contributed by atoms with E-state index in [-0.39, 0.29) is 30.1 Å². The lowest BCUT2D eigenvalue weighted by molar-refractivity contribution is -0.233. The Balaban J connectivity index is 1.64. The Kier molecular flexibility index (Phi) is 5.79. The summed E-state index contributed by atoms with van der Waals surface area (Å²) in [5.41, 5.74) is 6.98. The summed E-state index contributed by atoms with van der Waals surface area (Å²) < 4.78 is 58.8. The summed E-state index contributed by atoms with van der Waals surface area (Å²) in [7, 11) is 0. The molecule has 1 aliphatic heterocycles. The van der Waals surface area contributed by atoms with Gasteiger partial charge in [0.1, 0.15) is 11.6 Å². The Labute approximate surface area is 180 Å². The largest absolute Gasteiger partial charge is 0.416 e. The highest BCUT2D eigenvalue weighted by atomic mass is 19.4. The van der Waals surface area contributed by atoms with Gasteiger partial charge in [-0.15, -0.1) is 0 Å². The van der Waals surface area contributed by atoms with Gasteiger partial charge in [-0.3, -0.25) is 9.78 Å². The maximum absolute atomic E-state index is 14.9. The number of hydrogen-bond acceptors (Lipinski definition) is 5. The van der Waals surface area contributed by atoms with Crippen LogP contribution in [0.1, 0.15) is 10.4 Å². The number of benzene rings is 2. The second-order valence-electron chi connectivity index (χ2n) is 7.22. The summed E-state index contributed by atoms with van der Waals surface area (Å²) in [4.78, 5) is 22.1. The predicted molar refractivity (Wildman–Crippen MR) is 109 cm³/mol. The number of amides is 1. The fourth-order valence-electron chi connectivity index (χ4n) is 3.49. The number of halogens is 4. The van der Waals surface area contributed by atoms with E-state index in [0.29, 0.717) is 16.8 Å². The summed E-state index contributed by atoms with van der Waals surface area (Å²) in [5, 5.41) is 0. The van der Waals surface area contributed by atoms with Gasteiger partial charge in [0.05, 0.1) is 31.2 Å². The number of hydrogen-bond donors (Lipinski definition) is 1. The van der Waals surface area contributed by atoms with Gasteiger partial charge in [-0.05, 0) is 29.3 Å². The minimum absolute atomic E-state index is 0.0306. The average Bonchev–Trinajstić information content (AvgIpc) is 2.79. The van der Waals surface area contributed by atoms with Crippen LogP contribution in [0.4, 0.5) is 23.4 Å². The first-order chi connectivity index (χ1) is 15.2. The molecule has 166 valence electrons. The highest BCUT2D eigenvalue weighted by molar-refractivity contribution is 6.01. The van der Waals surface area contributed by atoms with Crippen molar-refractivity contribution >= 4 is 11.7 Å². The van der Waals surface area contributed by atoms with Gasteiger partial charge in [0, 0.05) is 17.7 Å². The van der Waals surface area contributed by atoms with E-state index >= 15 is 0 Å². The zero-order valence-electron chi connectivity index (χ0n) is 16.6. The van der Waals surface area contributed by atoms with Crippen LogP contribution in [0.2, 0.25) is 0 Å². The Morgan fingerprint density at radius 3 is 2.56 bits per heavy atom. The van der Waals surface area contributed by atoms with Gasteiger partial charge in [0.25, 0.3) is 5.91 Å². The van der Waals surface area contributed by atoms with Crippen molar-refractivity contribution in [3.8, 4) is 22.4 Å². The number of nitrogens with zero attached hydrogens (tertiary/aromatic N) is 3. The molecule has 0 radical (unpaired) electrons. The number of aromatic nitrogens is 2. The molecule has 32 heavy (non-hydrogen) atoms. The standard InChI is InChI=1S/C22H18F4N4O2/c23-17-9-13(5-6-16(17)18-10-29-20(27)11-28-18)14-3-1-2-4-15(14)21(31)30-7-8-32-19(12-30)22(24,25)26/h1-6,9-11,19H,7-8,12H2,(H2,27,29). The van der Waals surface area contributed by atoms with Gasteiger partial charge in [0.2, 0.25) is 0 Å². The third kappa shape index (κ3) is 4.40. The molecule has 1 fully saturated rings. The number of alkyl halides is 3. The Hall–Kier alpha value is -3.53. The van der Waals surface area contributed by atoms with E-state index in [1.807, 2.05) is 0 Å². The molecule has 6 nitrogen and oxygen atoms in total. The first kappa shape index (κ1) is 21.7. The molecule has 1 unspecified atom stereocenters. The molecule has 2 heterocycles. The highest BCUT2D eigenvalue weighted by Crippen LogP contribution is 2.31. The fourth-order valence-corrected chi connectivity index (χ4v) is 3.49. The van der Waals surface area contributed by atoms with Crippen LogP contribution in [-0.2, 0) is 4.74 Å². The maximum atomic E-state index is 14.9. The molecule has 0 bridgehead atoms. The first-order valence-corrected chi connectivity index (χ1v) is 9.68. The highest BCUT2D eigenvalue weighted by Gasteiger charge is 2.44. The van der Waals surface area contributed by atoms with Crippen LogP contribution >= 0.6 is 0 Å². The van der Waals surface area contributed by atoms with Crippen LogP contribution in [0.15, 0.2) is 54.9 Å². The topological polar surface area (TPSA) is 81.3 Å². The number of ether oxygens (including phenoxy) is 1. The lowest BCUT2D eigenvalue weighted by atomic mass is 9.97. The van der Waals surface area contributed by atoms with Crippen molar-refractivity contribution in [1.29, 1.82) is 0 Å². The molecule has 1 amide bonds. The number of carbonyl (C=O) groups excluding carboxylic acids is 1. The van der Waals surface area contributed by atoms with E-state index in [4.69, 9.17) is 10.5 Å². The zero-order valence-corrected chi connectivity index (χ0v) is 16.6. The predicted octanol–water partition coefficient (Wildman–Crippen LogP) is 3.94. The van der Waals surface area contributed by atoms with Gasteiger partial charge in [-0.1, -0.05) is 24.3 Å². The Bertz CT molecular complexity index is 1140. The fraction of sp³-hybridized carbons (Fsp3) is 0.227. The van der Waals surface area contributed by atoms with Gasteiger partial charge >= 0.3 is 6.18 Å². The zero-order chi connectivity index (χ0) is 22.9. The molecule has 0 spiro atoms. The van der Waals surface area contributed by atoms with Gasteiger partial charge in [-0.25, -0.2) is 9.37 Å². The Morgan fingerprint density at radius 1 is 1.09 bits per heavy atom. The first-order valence-electron chi connectivity index (χ1n) is 9.68. The Morgan fingerprint density at radius 2 is 1.88 bits per heavy atom. The van der Waals surface area contributed by atoms with Crippen LogP contribution in [0.5, 0.6) is 0 Å². The summed E-state index contributed by atoms with van der Waals surface area (Å²) in [6.45, 7) is -0.785. The molecular formula is C22H18F4N4O2. The van der Waals surface area contributed by atoms with E-state index in [9.17, 15) is 22.4 Å². The van der Waals surface area contributed by atoms with E-state index in [0.717, 1.165) is 4.90 Å². The van der Waals surface area contributed by atoms with Crippen molar-refractivity contribution in [3.63, 3.8) is 0 Å². The molecule has 4 rings (SSSR count). The smallest absolute Gasteiger partial charge is 0.382 e. The van der Waals surface area contributed by atoms with Crippen LogP contribution in [0, 0.1) is 5.82 Å². The minimum atomic E-state index is -4.57. The van der Waals surface area contributed by atoms with Crippen molar-refractivity contribution in [2.24, 2.45) is 0 Å². The van der Waals surface area contributed by atoms with Crippen LogP contribution in [0.25, 0.3) is 22.4 Å². The summed E-state index contributed by atoms with van der Waals surface area (Å²) in [6.07, 6.45) is -3.94. The number of anilines is 1. The average molecular weight is 446 g/mol. The van der Waals surface area contributed by atoms with Gasteiger partial charge < -0.3 is 15.4 Å². The molecule has 1 aromatic heterocycles. The summed E-state index contributed by atoms with van der Waals surface area (Å²) >= 11 is 0. The van der Waals surface area contributed by atoms with Crippen molar-refractivity contribution in [2.45, 2.75) is 12.3 Å². The van der Waals surface area contributed by atoms with E-state index in [2.05, 4.69) is 9.97 Å². The van der Waals surface area contributed by atoms with E-state index < -0.39 is 30.5 Å². The molecule has 0 aliphatic carbocycles. The second kappa shape index (κ2) is 8.54. The molecular weight excluding hydrogens is 428 g/mol. The number of nitrogens with two attached hydrogens (primary N) is 1. The van der Waals surface area contributed by atoms with Crippen molar-refractivity contribution in [3.05, 3.63) is 66.2 Å². The van der Waals surface area contributed by atoms with E-state index in [1.54, 1.807) is 24.3 Å². The monoisotopic (exact) mass is 446 g/mol. The quantitative estimate of drug-likeness (QED) is 0.617. The summed E-state index contributed by atoms with van der Waals surface area (Å²) in [6, 6.07) is 10.8. The van der Waals surface area contributed by atoms with Crippen molar-refractivity contribution in [1.82, 2.24) is 14.9 Å². The molecule has 2 N–H and O–H groups in total. The molecule has 1 atom stereocenters. The normalized spacial score (nSPS) is 16.8. The maximum Gasteiger partial charge on any atom is 0.416 e. The minimum Gasteiger partial charge on any atom is -0.382 e. The lowest BCUT2D eigenvalue weighted by Crippen LogP contribution is -2.51. The van der Waals surface area contributed by atoms with Crippen LogP contribution in [-0.4, -0.2) is 52.8 Å². The van der Waals surface area contributed by atoms with Crippen molar-refractivity contribution in [2.75, 3.05) is 25.4 Å². The molecule has 1 saturated heterocycles. The number of rotatable bonds is 3. The van der Waals surface area contributed by atoms with Gasteiger partial charge in [0.15, 0.2) is 6.10 Å². The molecule has 3 aromatic rings. The number of nitrogen functional groups attached to an aromatic ring is 1. The number of morpholine rings is 1. The van der Waals surface area contributed by atoms with Crippen molar-refractivity contribution < 1.29 is 27.1 Å².